The van der Waals surface area contributed by atoms with E-state index in [0.717, 1.165) is 37.2 Å². The molecule has 4 aromatic rings. The number of hydrogen-bond acceptors (Lipinski definition) is 3. The molecule has 40 heavy (non-hydrogen) atoms. The quantitative estimate of drug-likeness (QED) is 0.0904. The van der Waals surface area contributed by atoms with Crippen LogP contribution in [0.25, 0.3) is 11.1 Å². The molecule has 0 unspecified atom stereocenters. The maximum atomic E-state index is 9.31. The van der Waals surface area contributed by atoms with E-state index in [4.69, 9.17) is 4.74 Å². The van der Waals surface area contributed by atoms with Crippen molar-refractivity contribution in [1.29, 1.82) is 0 Å². The Morgan fingerprint density at radius 2 is 1.35 bits per heavy atom. The second-order valence-electron chi connectivity index (χ2n) is 10.6. The molecule has 0 heterocycles. The Morgan fingerprint density at radius 3 is 1.90 bits per heavy atom. The topological polar surface area (TPSA) is 29.5 Å². The van der Waals surface area contributed by atoms with Crippen LogP contribution in [0, 0.1) is 5.92 Å². The zero-order chi connectivity index (χ0) is 28.0. The van der Waals surface area contributed by atoms with Crippen LogP contribution >= 0.6 is 11.8 Å². The molecule has 0 radical (unpaired) electrons. The maximum absolute atomic E-state index is 9.31. The molecule has 1 aliphatic carbocycles. The Hall–Kier alpha value is -3.27. The molecule has 1 aliphatic rings. The highest BCUT2D eigenvalue weighted by Gasteiger charge is 2.45. The van der Waals surface area contributed by atoms with Crippen LogP contribution in [-0.2, 0) is 16.6 Å². The monoisotopic (exact) mass is 548 g/mol. The molecule has 0 atom stereocenters. The lowest BCUT2D eigenvalue weighted by atomic mass is 9.67. The molecular formula is C37H40O2S. The minimum absolute atomic E-state index is 0.218. The van der Waals surface area contributed by atoms with Gasteiger partial charge in [-0.05, 0) is 76.8 Å². The zero-order valence-corrected chi connectivity index (χ0v) is 24.6. The number of ether oxygens (including phenoxy) is 1. The Morgan fingerprint density at radius 1 is 0.800 bits per heavy atom. The summed E-state index contributed by atoms with van der Waals surface area (Å²) in [5.41, 5.74) is 8.67. The third-order valence-corrected chi connectivity index (χ3v) is 9.31. The fourth-order valence-electron chi connectivity index (χ4n) is 6.22. The smallest absolute Gasteiger partial charge is 0.0971 e. The van der Waals surface area contributed by atoms with Crippen molar-refractivity contribution in [2.24, 2.45) is 5.92 Å². The number of rotatable bonds is 13. The van der Waals surface area contributed by atoms with E-state index in [2.05, 4.69) is 117 Å². The zero-order valence-electron chi connectivity index (χ0n) is 23.7. The molecule has 3 heteroatoms. The standard InChI is InChI=1S/C37H40O2S/c1-4-29(5-2)27(3)39-25-26-40-32-22-20-31(21-23-32)37(30-18-16-28(17-19-30)11-10-24-38)35-14-8-6-12-33(35)34-13-7-9-15-36(34)37/h6-9,12-23,29,38H,3-5,10-11,24-26H2,1-2H3. The highest BCUT2D eigenvalue weighted by molar-refractivity contribution is 7.99. The van der Waals surface area contributed by atoms with Crippen molar-refractivity contribution in [3.63, 3.8) is 0 Å². The van der Waals surface area contributed by atoms with E-state index in [0.29, 0.717) is 12.5 Å². The minimum atomic E-state index is -0.387. The molecule has 0 spiro atoms. The van der Waals surface area contributed by atoms with Crippen molar-refractivity contribution in [1.82, 2.24) is 0 Å². The third-order valence-electron chi connectivity index (χ3n) is 8.33. The SMILES string of the molecule is C=C(OCCSc1ccc(C2(c3ccc(CCCO)cc3)c3ccccc3-c3ccccc32)cc1)C(CC)CC. The summed E-state index contributed by atoms with van der Waals surface area (Å²) in [5.74, 6) is 2.26. The van der Waals surface area contributed by atoms with Crippen LogP contribution < -0.4 is 0 Å². The van der Waals surface area contributed by atoms with Gasteiger partial charge in [0.1, 0.15) is 0 Å². The molecule has 2 nitrogen and oxygen atoms in total. The number of aliphatic hydroxyl groups excluding tert-OH is 1. The largest absolute Gasteiger partial charge is 0.497 e. The first-order chi connectivity index (χ1) is 19.6. The number of thioether (sulfide) groups is 1. The van der Waals surface area contributed by atoms with Gasteiger partial charge in [-0.15, -0.1) is 11.8 Å². The van der Waals surface area contributed by atoms with Gasteiger partial charge in [-0.1, -0.05) is 105 Å². The van der Waals surface area contributed by atoms with E-state index in [1.165, 1.54) is 43.8 Å². The van der Waals surface area contributed by atoms with Crippen LogP contribution in [-0.4, -0.2) is 24.1 Å². The fraction of sp³-hybridized carbons (Fsp3) is 0.297. The molecule has 0 saturated heterocycles. The van der Waals surface area contributed by atoms with E-state index in [-0.39, 0.29) is 12.0 Å². The predicted molar refractivity (Wildman–Crippen MR) is 169 cm³/mol. The van der Waals surface area contributed by atoms with Crippen LogP contribution in [0.5, 0.6) is 0 Å². The second-order valence-corrected chi connectivity index (χ2v) is 11.7. The number of fused-ring (bicyclic) bond motifs is 3. The van der Waals surface area contributed by atoms with Gasteiger partial charge < -0.3 is 9.84 Å². The highest BCUT2D eigenvalue weighted by Crippen LogP contribution is 2.56. The Bertz CT molecular complexity index is 1370. The number of benzene rings is 4. The summed E-state index contributed by atoms with van der Waals surface area (Å²) in [6.07, 6.45) is 3.82. The van der Waals surface area contributed by atoms with Crippen molar-refractivity contribution in [3.05, 3.63) is 137 Å². The van der Waals surface area contributed by atoms with Gasteiger partial charge in [0.2, 0.25) is 0 Å². The molecule has 1 N–H and O–H groups in total. The van der Waals surface area contributed by atoms with Gasteiger partial charge in [0.15, 0.2) is 0 Å². The fourth-order valence-corrected chi connectivity index (χ4v) is 6.95. The van der Waals surface area contributed by atoms with Gasteiger partial charge in [0, 0.05) is 23.2 Å². The van der Waals surface area contributed by atoms with E-state index in [1.54, 1.807) is 0 Å². The summed E-state index contributed by atoms with van der Waals surface area (Å²) in [6.45, 7) is 9.43. The van der Waals surface area contributed by atoms with Crippen LogP contribution in [0.1, 0.15) is 60.9 Å². The van der Waals surface area contributed by atoms with Gasteiger partial charge in [-0.2, -0.15) is 0 Å². The molecule has 5 rings (SSSR count). The number of aliphatic hydroxyl groups is 1. The van der Waals surface area contributed by atoms with E-state index >= 15 is 0 Å². The van der Waals surface area contributed by atoms with Crippen molar-refractivity contribution >= 4 is 11.8 Å². The first-order valence-corrected chi connectivity index (χ1v) is 15.6. The van der Waals surface area contributed by atoms with E-state index in [1.807, 2.05) is 11.8 Å². The molecule has 0 bridgehead atoms. The van der Waals surface area contributed by atoms with Gasteiger partial charge in [-0.3, -0.25) is 0 Å². The lowest BCUT2D eigenvalue weighted by Gasteiger charge is -2.34. The first-order valence-electron chi connectivity index (χ1n) is 14.6. The van der Waals surface area contributed by atoms with Crippen molar-refractivity contribution in [3.8, 4) is 11.1 Å². The van der Waals surface area contributed by atoms with Crippen molar-refractivity contribution in [2.75, 3.05) is 19.0 Å². The van der Waals surface area contributed by atoms with Crippen LogP contribution in [0.15, 0.2) is 114 Å². The lowest BCUT2D eigenvalue weighted by Crippen LogP contribution is -2.28. The van der Waals surface area contributed by atoms with Crippen LogP contribution in [0.4, 0.5) is 0 Å². The summed E-state index contributed by atoms with van der Waals surface area (Å²) < 4.78 is 5.97. The summed E-state index contributed by atoms with van der Waals surface area (Å²) in [6, 6.07) is 35.9. The summed E-state index contributed by atoms with van der Waals surface area (Å²) in [4.78, 5) is 1.24. The van der Waals surface area contributed by atoms with E-state index in [9.17, 15) is 5.11 Å². The molecule has 0 saturated carbocycles. The van der Waals surface area contributed by atoms with Crippen LogP contribution in [0.2, 0.25) is 0 Å². The van der Waals surface area contributed by atoms with Gasteiger partial charge in [0.05, 0.1) is 17.8 Å². The normalized spacial score (nSPS) is 13.2. The molecule has 0 amide bonds. The molecule has 206 valence electrons. The average Bonchev–Trinajstić information content (AvgIpc) is 3.31. The summed E-state index contributed by atoms with van der Waals surface area (Å²) in [5, 5.41) is 9.31. The lowest BCUT2D eigenvalue weighted by molar-refractivity contribution is 0.191. The minimum Gasteiger partial charge on any atom is -0.497 e. The Kier molecular flexibility index (Phi) is 9.14. The third kappa shape index (κ3) is 5.38. The van der Waals surface area contributed by atoms with Crippen molar-refractivity contribution in [2.45, 2.75) is 49.8 Å². The molecule has 0 aliphatic heterocycles. The summed E-state index contributed by atoms with van der Waals surface area (Å²) in [7, 11) is 0. The average molecular weight is 549 g/mol. The number of aryl methyl sites for hydroxylation is 1. The predicted octanol–water partition coefficient (Wildman–Crippen LogP) is 9.03. The highest BCUT2D eigenvalue weighted by atomic mass is 32.2. The second kappa shape index (κ2) is 12.9. The number of hydrogen-bond donors (Lipinski definition) is 1. The van der Waals surface area contributed by atoms with Gasteiger partial charge in [0.25, 0.3) is 0 Å². The van der Waals surface area contributed by atoms with E-state index < -0.39 is 0 Å². The molecular weight excluding hydrogens is 508 g/mol. The molecule has 0 aromatic heterocycles. The first kappa shape index (κ1) is 28.3. The number of allylic oxidation sites excluding steroid dienone is 1. The van der Waals surface area contributed by atoms with Crippen LogP contribution in [0.3, 0.4) is 0 Å². The van der Waals surface area contributed by atoms with Gasteiger partial charge >= 0.3 is 0 Å². The summed E-state index contributed by atoms with van der Waals surface area (Å²) >= 11 is 1.83. The Balaban J connectivity index is 1.47. The molecule has 4 aromatic carbocycles. The molecule has 0 fully saturated rings. The Labute approximate surface area is 244 Å². The maximum Gasteiger partial charge on any atom is 0.0971 e. The van der Waals surface area contributed by atoms with Crippen molar-refractivity contribution < 1.29 is 9.84 Å². The van der Waals surface area contributed by atoms with Gasteiger partial charge in [-0.25, -0.2) is 0 Å².